The van der Waals surface area contributed by atoms with Gasteiger partial charge in [0.1, 0.15) is 0 Å². The van der Waals surface area contributed by atoms with Crippen LogP contribution in [0, 0.1) is 6.92 Å². The summed E-state index contributed by atoms with van der Waals surface area (Å²) in [7, 11) is 0. The van der Waals surface area contributed by atoms with E-state index in [1.807, 2.05) is 32.0 Å². The molecule has 1 aromatic carbocycles. The molecule has 0 unspecified atom stereocenters. The quantitative estimate of drug-likeness (QED) is 0.805. The fourth-order valence-electron chi connectivity index (χ4n) is 1.77. The molecule has 0 aliphatic carbocycles. The van der Waals surface area contributed by atoms with E-state index in [9.17, 15) is 4.79 Å². The third kappa shape index (κ3) is 3.65. The highest BCUT2D eigenvalue weighted by Crippen LogP contribution is 2.24. The molecule has 0 saturated carbocycles. The van der Waals surface area contributed by atoms with Crippen LogP contribution in [-0.2, 0) is 0 Å². The molecule has 5 nitrogen and oxygen atoms in total. The molecular weight excluding hydrogens is 262 g/mol. The number of nitrogens with zero attached hydrogens (tertiary/aromatic N) is 1. The van der Waals surface area contributed by atoms with Crippen molar-refractivity contribution in [3.63, 3.8) is 0 Å². The summed E-state index contributed by atoms with van der Waals surface area (Å²) in [5.41, 5.74) is 1.69. The molecule has 0 fully saturated rings. The van der Waals surface area contributed by atoms with E-state index in [0.29, 0.717) is 6.42 Å². The summed E-state index contributed by atoms with van der Waals surface area (Å²) >= 11 is 1.60. The van der Waals surface area contributed by atoms with Gasteiger partial charge in [-0.05, 0) is 38.5 Å². The fraction of sp³-hybridized carbons (Fsp3) is 0.385. The van der Waals surface area contributed by atoms with E-state index in [1.54, 1.807) is 11.3 Å². The van der Waals surface area contributed by atoms with Gasteiger partial charge in [-0.2, -0.15) is 0 Å². The van der Waals surface area contributed by atoms with Crippen molar-refractivity contribution >= 4 is 33.3 Å². The lowest BCUT2D eigenvalue weighted by atomic mass is 10.2. The molecule has 0 aliphatic heterocycles. The third-order valence-corrected chi connectivity index (χ3v) is 3.63. The number of thiazole rings is 1. The summed E-state index contributed by atoms with van der Waals surface area (Å²) in [5, 5.41) is 15.3. The number of carbonyl (C=O) groups excluding carboxylic acids is 1. The second-order valence-electron chi connectivity index (χ2n) is 4.43. The lowest BCUT2D eigenvalue weighted by Gasteiger charge is -2.13. The Morgan fingerprint density at radius 3 is 3.05 bits per heavy atom. The number of hydrogen-bond acceptors (Lipinski definition) is 4. The first-order chi connectivity index (χ1) is 9.08. The molecule has 1 heterocycles. The molecule has 1 atom stereocenters. The Morgan fingerprint density at radius 1 is 1.53 bits per heavy atom. The minimum Gasteiger partial charge on any atom is -0.396 e. The van der Waals surface area contributed by atoms with E-state index < -0.39 is 0 Å². The minimum absolute atomic E-state index is 0.0561. The molecular formula is C13H17N3O2S. The molecule has 6 heteroatoms. The van der Waals surface area contributed by atoms with Crippen molar-refractivity contribution in [2.45, 2.75) is 26.3 Å². The molecule has 0 bridgehead atoms. The monoisotopic (exact) mass is 279 g/mol. The van der Waals surface area contributed by atoms with Gasteiger partial charge in [0.05, 0.1) is 15.2 Å². The van der Waals surface area contributed by atoms with Crippen LogP contribution in [0.5, 0.6) is 0 Å². The van der Waals surface area contributed by atoms with Crippen molar-refractivity contribution in [1.29, 1.82) is 0 Å². The van der Waals surface area contributed by atoms with Crippen LogP contribution >= 0.6 is 11.3 Å². The lowest BCUT2D eigenvalue weighted by Crippen LogP contribution is -2.36. The van der Waals surface area contributed by atoms with Gasteiger partial charge >= 0.3 is 6.03 Å². The van der Waals surface area contributed by atoms with Crippen LogP contribution in [0.2, 0.25) is 0 Å². The summed E-state index contributed by atoms with van der Waals surface area (Å²) in [6.45, 7) is 3.88. The van der Waals surface area contributed by atoms with E-state index in [2.05, 4.69) is 15.6 Å². The summed E-state index contributed by atoms with van der Waals surface area (Å²) in [6.07, 6.45) is 0.542. The standard InChI is InChI=1S/C13H17N3O2S/c1-8(5-6-17)14-13(18)16-10-3-4-11-12(7-10)19-9(2)15-11/h3-4,7-8,17H,5-6H2,1-2H3,(H2,14,16,18)/t8-/m1/s1. The maximum Gasteiger partial charge on any atom is 0.319 e. The van der Waals surface area contributed by atoms with E-state index in [0.717, 1.165) is 20.9 Å². The van der Waals surface area contributed by atoms with Crippen molar-refractivity contribution < 1.29 is 9.90 Å². The fourth-order valence-corrected chi connectivity index (χ4v) is 2.64. The number of hydrogen-bond donors (Lipinski definition) is 3. The van der Waals surface area contributed by atoms with Crippen molar-refractivity contribution in [2.24, 2.45) is 0 Å². The number of nitrogens with one attached hydrogen (secondary N) is 2. The molecule has 0 saturated heterocycles. The summed E-state index contributed by atoms with van der Waals surface area (Å²) < 4.78 is 1.05. The van der Waals surface area contributed by atoms with Crippen LogP contribution in [0.3, 0.4) is 0 Å². The SMILES string of the molecule is Cc1nc2ccc(NC(=O)N[C@H](C)CCO)cc2s1. The Kier molecular flexibility index (Phi) is 4.34. The van der Waals surface area contributed by atoms with Crippen molar-refractivity contribution in [3.8, 4) is 0 Å². The van der Waals surface area contributed by atoms with Gasteiger partial charge in [-0.15, -0.1) is 11.3 Å². The zero-order valence-electron chi connectivity index (χ0n) is 10.9. The number of aliphatic hydroxyl groups excluding tert-OH is 1. The van der Waals surface area contributed by atoms with Gasteiger partial charge in [0.15, 0.2) is 0 Å². The van der Waals surface area contributed by atoms with Gasteiger partial charge in [-0.25, -0.2) is 9.78 Å². The van der Waals surface area contributed by atoms with Gasteiger partial charge in [-0.3, -0.25) is 0 Å². The van der Waals surface area contributed by atoms with E-state index >= 15 is 0 Å². The molecule has 19 heavy (non-hydrogen) atoms. The number of aryl methyl sites for hydroxylation is 1. The predicted molar refractivity (Wildman–Crippen MR) is 77.7 cm³/mol. The number of urea groups is 1. The van der Waals surface area contributed by atoms with Crippen molar-refractivity contribution in [2.75, 3.05) is 11.9 Å². The molecule has 2 aromatic rings. The van der Waals surface area contributed by atoms with E-state index in [-0.39, 0.29) is 18.7 Å². The number of fused-ring (bicyclic) bond motifs is 1. The number of amides is 2. The van der Waals surface area contributed by atoms with Crippen molar-refractivity contribution in [3.05, 3.63) is 23.2 Å². The first-order valence-electron chi connectivity index (χ1n) is 6.14. The average Bonchev–Trinajstić information content (AvgIpc) is 2.68. The molecule has 0 spiro atoms. The second-order valence-corrected chi connectivity index (χ2v) is 5.66. The van der Waals surface area contributed by atoms with Crippen LogP contribution in [-0.4, -0.2) is 28.8 Å². The zero-order valence-corrected chi connectivity index (χ0v) is 11.8. The second kappa shape index (κ2) is 5.99. The van der Waals surface area contributed by atoms with Crippen LogP contribution in [0.4, 0.5) is 10.5 Å². The highest BCUT2D eigenvalue weighted by atomic mass is 32.1. The largest absolute Gasteiger partial charge is 0.396 e. The van der Waals surface area contributed by atoms with E-state index in [1.165, 1.54) is 0 Å². The molecule has 2 amide bonds. The highest BCUT2D eigenvalue weighted by Gasteiger charge is 2.08. The number of anilines is 1. The van der Waals surface area contributed by atoms with Gasteiger partial charge in [-0.1, -0.05) is 0 Å². The van der Waals surface area contributed by atoms with Crippen LogP contribution in [0.25, 0.3) is 10.2 Å². The molecule has 0 aliphatic rings. The third-order valence-electron chi connectivity index (χ3n) is 2.69. The number of rotatable bonds is 4. The Hall–Kier alpha value is -1.66. The Labute approximate surface area is 115 Å². The topological polar surface area (TPSA) is 74.2 Å². The van der Waals surface area contributed by atoms with Gasteiger partial charge in [0.25, 0.3) is 0 Å². The van der Waals surface area contributed by atoms with Crippen LogP contribution in [0.1, 0.15) is 18.4 Å². The number of benzene rings is 1. The maximum atomic E-state index is 11.7. The normalized spacial score (nSPS) is 12.4. The van der Waals surface area contributed by atoms with Gasteiger partial charge < -0.3 is 15.7 Å². The van der Waals surface area contributed by atoms with Crippen LogP contribution < -0.4 is 10.6 Å². The molecule has 1 aromatic heterocycles. The summed E-state index contributed by atoms with van der Waals surface area (Å²) in [6, 6.07) is 5.32. The predicted octanol–water partition coefficient (Wildman–Crippen LogP) is 2.50. The molecule has 3 N–H and O–H groups in total. The number of carbonyl (C=O) groups is 1. The molecule has 0 radical (unpaired) electrons. The van der Waals surface area contributed by atoms with E-state index in [4.69, 9.17) is 5.11 Å². The first kappa shape index (κ1) is 13.8. The number of aliphatic hydroxyl groups is 1. The lowest BCUT2D eigenvalue weighted by molar-refractivity contribution is 0.241. The highest BCUT2D eigenvalue weighted by molar-refractivity contribution is 7.18. The number of aromatic nitrogens is 1. The Morgan fingerprint density at radius 2 is 2.32 bits per heavy atom. The zero-order chi connectivity index (χ0) is 13.8. The Bertz CT molecular complexity index is 582. The molecule has 102 valence electrons. The Balaban J connectivity index is 2.02. The van der Waals surface area contributed by atoms with Crippen molar-refractivity contribution in [1.82, 2.24) is 10.3 Å². The van der Waals surface area contributed by atoms with Gasteiger partial charge in [0.2, 0.25) is 0 Å². The molecule has 2 rings (SSSR count). The average molecular weight is 279 g/mol. The summed E-state index contributed by atoms with van der Waals surface area (Å²) in [5.74, 6) is 0. The minimum atomic E-state index is -0.262. The summed E-state index contributed by atoms with van der Waals surface area (Å²) in [4.78, 5) is 16.1. The maximum absolute atomic E-state index is 11.7. The first-order valence-corrected chi connectivity index (χ1v) is 6.95. The smallest absolute Gasteiger partial charge is 0.319 e. The van der Waals surface area contributed by atoms with Gasteiger partial charge in [0, 0.05) is 18.3 Å². The van der Waals surface area contributed by atoms with Crippen LogP contribution in [0.15, 0.2) is 18.2 Å².